The summed E-state index contributed by atoms with van der Waals surface area (Å²) in [4.78, 5) is 0. The highest BCUT2D eigenvalue weighted by molar-refractivity contribution is 5.41. The van der Waals surface area contributed by atoms with E-state index in [4.69, 9.17) is 9.15 Å². The van der Waals surface area contributed by atoms with E-state index in [0.29, 0.717) is 5.92 Å². The highest BCUT2D eigenvalue weighted by Crippen LogP contribution is 2.42. The standard InChI is InChI=1S/C17H21NO2/c1-11-10-15(12(2)20-11)17(18-3)14-8-9-19-16-7-5-4-6-13(14)16/h4-7,10,14,17-18H,8-9H2,1-3H3. The van der Waals surface area contributed by atoms with E-state index in [0.717, 1.165) is 30.3 Å². The first-order valence-electron chi connectivity index (χ1n) is 7.16. The monoisotopic (exact) mass is 271 g/mol. The number of ether oxygens (including phenoxy) is 1. The van der Waals surface area contributed by atoms with Crippen molar-refractivity contribution in [3.05, 3.63) is 53.0 Å². The van der Waals surface area contributed by atoms with Crippen LogP contribution in [-0.2, 0) is 0 Å². The maximum atomic E-state index is 5.77. The van der Waals surface area contributed by atoms with E-state index < -0.39 is 0 Å². The minimum absolute atomic E-state index is 0.262. The third kappa shape index (κ3) is 2.22. The van der Waals surface area contributed by atoms with Gasteiger partial charge in [0.15, 0.2) is 0 Å². The van der Waals surface area contributed by atoms with Gasteiger partial charge in [-0.3, -0.25) is 0 Å². The zero-order valence-corrected chi connectivity index (χ0v) is 12.3. The number of rotatable bonds is 3. The Kier molecular flexibility index (Phi) is 3.53. The van der Waals surface area contributed by atoms with Crippen LogP contribution in [0.4, 0.5) is 0 Å². The first-order chi connectivity index (χ1) is 9.70. The van der Waals surface area contributed by atoms with E-state index in [9.17, 15) is 0 Å². The molecule has 0 aliphatic carbocycles. The molecule has 0 bridgehead atoms. The maximum Gasteiger partial charge on any atom is 0.122 e. The fraction of sp³-hybridized carbons (Fsp3) is 0.412. The fourth-order valence-electron chi connectivity index (χ4n) is 3.25. The molecule has 106 valence electrons. The predicted molar refractivity (Wildman–Crippen MR) is 79.3 cm³/mol. The molecule has 1 N–H and O–H groups in total. The molecule has 2 unspecified atom stereocenters. The Morgan fingerprint density at radius 3 is 2.75 bits per heavy atom. The molecule has 3 nitrogen and oxygen atoms in total. The number of benzene rings is 1. The number of nitrogens with one attached hydrogen (secondary N) is 1. The smallest absolute Gasteiger partial charge is 0.122 e. The zero-order chi connectivity index (χ0) is 14.1. The SMILES string of the molecule is CNC(c1cc(C)oc1C)C1CCOc2ccccc21. The first kappa shape index (κ1) is 13.3. The van der Waals surface area contributed by atoms with Gasteiger partial charge in [-0.1, -0.05) is 18.2 Å². The quantitative estimate of drug-likeness (QED) is 0.923. The summed E-state index contributed by atoms with van der Waals surface area (Å²) in [6.45, 7) is 4.81. The molecule has 3 heteroatoms. The summed E-state index contributed by atoms with van der Waals surface area (Å²) in [6.07, 6.45) is 1.02. The van der Waals surface area contributed by atoms with Crippen molar-refractivity contribution in [3.63, 3.8) is 0 Å². The topological polar surface area (TPSA) is 34.4 Å². The van der Waals surface area contributed by atoms with E-state index in [2.05, 4.69) is 29.6 Å². The summed E-state index contributed by atoms with van der Waals surface area (Å²) in [5, 5.41) is 3.47. The maximum absolute atomic E-state index is 5.77. The van der Waals surface area contributed by atoms with Gasteiger partial charge in [-0.25, -0.2) is 0 Å². The highest BCUT2D eigenvalue weighted by Gasteiger charge is 2.30. The second kappa shape index (κ2) is 5.33. The van der Waals surface area contributed by atoms with Crippen LogP contribution in [0, 0.1) is 13.8 Å². The second-order valence-electron chi connectivity index (χ2n) is 5.42. The molecule has 0 saturated heterocycles. The number of aryl methyl sites for hydroxylation is 2. The summed E-state index contributed by atoms with van der Waals surface area (Å²) in [7, 11) is 2.02. The molecule has 0 amide bonds. The van der Waals surface area contributed by atoms with Gasteiger partial charge < -0.3 is 14.5 Å². The van der Waals surface area contributed by atoms with E-state index in [1.54, 1.807) is 0 Å². The molecule has 1 aromatic heterocycles. The Balaban J connectivity index is 2.01. The van der Waals surface area contributed by atoms with Gasteiger partial charge in [0.2, 0.25) is 0 Å². The molecule has 1 aromatic carbocycles. The van der Waals surface area contributed by atoms with Crippen LogP contribution < -0.4 is 10.1 Å². The Hall–Kier alpha value is -1.74. The molecule has 0 saturated carbocycles. The Morgan fingerprint density at radius 2 is 2.05 bits per heavy atom. The van der Waals surface area contributed by atoms with Gasteiger partial charge in [0.25, 0.3) is 0 Å². The Bertz CT molecular complexity index is 603. The molecular formula is C17H21NO2. The summed E-state index contributed by atoms with van der Waals surface area (Å²) < 4.78 is 11.5. The van der Waals surface area contributed by atoms with Gasteiger partial charge in [0.05, 0.1) is 6.61 Å². The molecule has 0 radical (unpaired) electrons. The van der Waals surface area contributed by atoms with Gasteiger partial charge >= 0.3 is 0 Å². The van der Waals surface area contributed by atoms with Gasteiger partial charge in [0.1, 0.15) is 17.3 Å². The van der Waals surface area contributed by atoms with Crippen molar-refractivity contribution in [1.82, 2.24) is 5.32 Å². The third-order valence-electron chi connectivity index (χ3n) is 4.13. The van der Waals surface area contributed by atoms with Gasteiger partial charge in [0, 0.05) is 17.5 Å². The van der Waals surface area contributed by atoms with Crippen molar-refractivity contribution >= 4 is 0 Å². The number of furan rings is 1. The second-order valence-corrected chi connectivity index (χ2v) is 5.42. The number of fused-ring (bicyclic) bond motifs is 1. The predicted octanol–water partition coefficient (Wildman–Crippen LogP) is 3.72. The van der Waals surface area contributed by atoms with Crippen molar-refractivity contribution in [2.45, 2.75) is 32.2 Å². The van der Waals surface area contributed by atoms with Crippen LogP contribution in [0.5, 0.6) is 5.75 Å². The molecule has 2 heterocycles. The van der Waals surface area contributed by atoms with Crippen molar-refractivity contribution in [3.8, 4) is 5.75 Å². The lowest BCUT2D eigenvalue weighted by Gasteiger charge is -2.32. The first-order valence-corrected chi connectivity index (χ1v) is 7.16. The molecular weight excluding hydrogens is 250 g/mol. The van der Waals surface area contributed by atoms with Crippen LogP contribution in [0.1, 0.15) is 41.0 Å². The lowest BCUT2D eigenvalue weighted by molar-refractivity contribution is 0.248. The zero-order valence-electron chi connectivity index (χ0n) is 12.3. The number of hydrogen-bond acceptors (Lipinski definition) is 3. The molecule has 20 heavy (non-hydrogen) atoms. The van der Waals surface area contributed by atoms with Crippen LogP contribution in [-0.4, -0.2) is 13.7 Å². The number of hydrogen-bond donors (Lipinski definition) is 1. The average Bonchev–Trinajstić information content (AvgIpc) is 2.79. The number of para-hydroxylation sites is 1. The highest BCUT2D eigenvalue weighted by atomic mass is 16.5. The van der Waals surface area contributed by atoms with Crippen LogP contribution in [0.25, 0.3) is 0 Å². The van der Waals surface area contributed by atoms with Crippen LogP contribution in [0.2, 0.25) is 0 Å². The average molecular weight is 271 g/mol. The molecule has 1 aliphatic heterocycles. The number of likely N-dealkylation sites (N-methyl/N-ethyl adjacent to an activating group) is 1. The minimum atomic E-state index is 0.262. The van der Waals surface area contributed by atoms with Gasteiger partial charge in [-0.05, 0) is 45.0 Å². The molecule has 2 atom stereocenters. The van der Waals surface area contributed by atoms with E-state index >= 15 is 0 Å². The van der Waals surface area contributed by atoms with Gasteiger partial charge in [-0.2, -0.15) is 0 Å². The van der Waals surface area contributed by atoms with Crippen LogP contribution in [0.15, 0.2) is 34.7 Å². The van der Waals surface area contributed by atoms with E-state index in [-0.39, 0.29) is 6.04 Å². The Labute approximate surface area is 119 Å². The van der Waals surface area contributed by atoms with Crippen molar-refractivity contribution in [2.75, 3.05) is 13.7 Å². The summed E-state index contributed by atoms with van der Waals surface area (Å²) in [6, 6.07) is 10.8. The molecule has 1 aliphatic rings. The Morgan fingerprint density at radius 1 is 1.25 bits per heavy atom. The van der Waals surface area contributed by atoms with Crippen LogP contribution >= 0.6 is 0 Å². The van der Waals surface area contributed by atoms with E-state index in [1.807, 2.05) is 27.0 Å². The molecule has 2 aromatic rings. The normalized spacial score (nSPS) is 19.2. The van der Waals surface area contributed by atoms with Crippen molar-refractivity contribution in [1.29, 1.82) is 0 Å². The third-order valence-corrected chi connectivity index (χ3v) is 4.13. The summed E-state index contributed by atoms with van der Waals surface area (Å²) >= 11 is 0. The van der Waals surface area contributed by atoms with Crippen molar-refractivity contribution in [2.24, 2.45) is 0 Å². The lowest BCUT2D eigenvalue weighted by atomic mass is 9.83. The van der Waals surface area contributed by atoms with Gasteiger partial charge in [-0.15, -0.1) is 0 Å². The summed E-state index contributed by atoms with van der Waals surface area (Å²) in [5.74, 6) is 3.41. The van der Waals surface area contributed by atoms with E-state index in [1.165, 1.54) is 11.1 Å². The molecule has 0 fully saturated rings. The summed E-state index contributed by atoms with van der Waals surface area (Å²) in [5.41, 5.74) is 2.54. The lowest BCUT2D eigenvalue weighted by Crippen LogP contribution is -2.28. The fourth-order valence-corrected chi connectivity index (χ4v) is 3.25. The van der Waals surface area contributed by atoms with Crippen molar-refractivity contribution < 1.29 is 9.15 Å². The van der Waals surface area contributed by atoms with Crippen LogP contribution in [0.3, 0.4) is 0 Å². The largest absolute Gasteiger partial charge is 0.493 e. The minimum Gasteiger partial charge on any atom is -0.493 e. The molecule has 0 spiro atoms. The molecule has 3 rings (SSSR count).